The molecular weight excluding hydrogens is 350 g/mol. The molecule has 1 atom stereocenters. The average molecular weight is 364 g/mol. The molecule has 1 fully saturated rings. The van der Waals surface area contributed by atoms with Crippen LogP contribution in [-0.4, -0.2) is 35.0 Å². The van der Waals surface area contributed by atoms with Crippen molar-refractivity contribution in [1.29, 1.82) is 0 Å². The topological polar surface area (TPSA) is 69.4 Å². The van der Waals surface area contributed by atoms with E-state index in [1.165, 1.54) is 12.4 Å². The molecule has 1 unspecified atom stereocenters. The van der Waals surface area contributed by atoms with E-state index in [2.05, 4.69) is 20.9 Å². The summed E-state index contributed by atoms with van der Waals surface area (Å²) >= 11 is 3.39. The van der Waals surface area contributed by atoms with E-state index in [0.717, 1.165) is 10.9 Å². The molecule has 1 aliphatic rings. The van der Waals surface area contributed by atoms with E-state index < -0.39 is 0 Å². The normalized spacial score (nSPS) is 17.5. The lowest BCUT2D eigenvalue weighted by Crippen LogP contribution is -2.33. The third kappa shape index (κ3) is 3.19. The minimum atomic E-state index is -0.156. The molecule has 22 heavy (non-hydrogen) atoms. The fourth-order valence-electron chi connectivity index (χ4n) is 2.39. The first kappa shape index (κ1) is 14.8. The van der Waals surface area contributed by atoms with Gasteiger partial charge in [0.25, 0.3) is 5.91 Å². The molecule has 3 heterocycles. The number of pyridine rings is 2. The summed E-state index contributed by atoms with van der Waals surface area (Å²) in [4.78, 5) is 18.2. The van der Waals surface area contributed by atoms with Crippen LogP contribution >= 0.6 is 15.9 Å². The van der Waals surface area contributed by atoms with E-state index >= 15 is 0 Å². The molecule has 0 N–H and O–H groups in total. The van der Waals surface area contributed by atoms with Gasteiger partial charge in [0, 0.05) is 25.2 Å². The molecule has 0 radical (unpaired) electrons. The molecule has 6 nitrogen and oxygen atoms in total. The van der Waals surface area contributed by atoms with Crippen molar-refractivity contribution in [2.75, 3.05) is 13.1 Å². The third-order valence-electron chi connectivity index (χ3n) is 3.46. The fraction of sp³-hybridized carbons (Fsp3) is 0.267. The van der Waals surface area contributed by atoms with Gasteiger partial charge < -0.3 is 14.8 Å². The predicted octanol–water partition coefficient (Wildman–Crippen LogP) is 1.77. The number of hydrogen-bond acceptors (Lipinski definition) is 4. The Labute approximate surface area is 136 Å². The minimum Gasteiger partial charge on any atom is -0.619 e. The highest BCUT2D eigenvalue weighted by atomic mass is 79.9. The lowest BCUT2D eigenvalue weighted by molar-refractivity contribution is -0.605. The maximum atomic E-state index is 12.4. The van der Waals surface area contributed by atoms with Gasteiger partial charge in [-0.25, -0.2) is 4.98 Å². The lowest BCUT2D eigenvalue weighted by atomic mass is 10.2. The standard InChI is InChI=1S/C15H14BrN3O3/c16-13-4-1-6-17-14(13)22-12-5-8-18(10-12)15(20)11-3-2-7-19(21)9-11/h1-4,6-7,9,12H,5,8,10H2. The highest BCUT2D eigenvalue weighted by Crippen LogP contribution is 2.24. The van der Waals surface area contributed by atoms with Crippen LogP contribution in [0.15, 0.2) is 47.3 Å². The molecule has 1 aliphatic heterocycles. The Morgan fingerprint density at radius 3 is 3.09 bits per heavy atom. The van der Waals surface area contributed by atoms with Crippen LogP contribution in [0.4, 0.5) is 0 Å². The Balaban J connectivity index is 1.65. The smallest absolute Gasteiger partial charge is 0.260 e. The molecule has 1 amide bonds. The first-order chi connectivity index (χ1) is 10.6. The van der Waals surface area contributed by atoms with E-state index in [1.54, 1.807) is 23.2 Å². The van der Waals surface area contributed by atoms with Crippen molar-refractivity contribution in [2.45, 2.75) is 12.5 Å². The maximum absolute atomic E-state index is 12.4. The number of carbonyl (C=O) groups excluding carboxylic acids is 1. The summed E-state index contributed by atoms with van der Waals surface area (Å²) in [6.45, 7) is 1.08. The quantitative estimate of drug-likeness (QED) is 0.615. The molecule has 0 bridgehead atoms. The Morgan fingerprint density at radius 1 is 1.45 bits per heavy atom. The average Bonchev–Trinajstić information content (AvgIpc) is 2.97. The molecule has 2 aromatic rings. The molecule has 0 aliphatic carbocycles. The molecule has 2 aromatic heterocycles. The molecule has 3 rings (SSSR count). The Kier molecular flexibility index (Phi) is 4.24. The molecular formula is C15H14BrN3O3. The second kappa shape index (κ2) is 6.31. The number of nitrogens with zero attached hydrogens (tertiary/aromatic N) is 3. The summed E-state index contributed by atoms with van der Waals surface area (Å²) in [5, 5.41) is 11.3. The van der Waals surface area contributed by atoms with Gasteiger partial charge in [-0.05, 0) is 34.1 Å². The van der Waals surface area contributed by atoms with Gasteiger partial charge in [-0.1, -0.05) is 0 Å². The van der Waals surface area contributed by atoms with Gasteiger partial charge >= 0.3 is 0 Å². The first-order valence-corrected chi connectivity index (χ1v) is 7.68. The molecule has 114 valence electrons. The monoisotopic (exact) mass is 363 g/mol. The van der Waals surface area contributed by atoms with Crippen molar-refractivity contribution in [3.63, 3.8) is 0 Å². The van der Waals surface area contributed by atoms with Gasteiger partial charge in [-0.15, -0.1) is 0 Å². The number of carbonyl (C=O) groups is 1. The zero-order valence-electron chi connectivity index (χ0n) is 11.7. The van der Waals surface area contributed by atoms with E-state index in [9.17, 15) is 10.0 Å². The number of aromatic nitrogens is 2. The van der Waals surface area contributed by atoms with Crippen LogP contribution in [0.1, 0.15) is 16.8 Å². The Morgan fingerprint density at radius 2 is 2.32 bits per heavy atom. The molecule has 0 aromatic carbocycles. The first-order valence-electron chi connectivity index (χ1n) is 6.89. The highest BCUT2D eigenvalue weighted by Gasteiger charge is 2.29. The van der Waals surface area contributed by atoms with E-state index in [4.69, 9.17) is 4.74 Å². The van der Waals surface area contributed by atoms with E-state index in [-0.39, 0.29) is 12.0 Å². The number of likely N-dealkylation sites (tertiary alicyclic amines) is 1. The Bertz CT molecular complexity index is 695. The lowest BCUT2D eigenvalue weighted by Gasteiger charge is -2.17. The van der Waals surface area contributed by atoms with E-state index in [0.29, 0.717) is 29.3 Å². The number of halogens is 1. The van der Waals surface area contributed by atoms with Gasteiger partial charge in [0.15, 0.2) is 12.4 Å². The van der Waals surface area contributed by atoms with Crippen LogP contribution in [-0.2, 0) is 0 Å². The van der Waals surface area contributed by atoms with E-state index in [1.807, 2.05) is 12.1 Å². The van der Waals surface area contributed by atoms with Crippen LogP contribution < -0.4 is 9.47 Å². The van der Waals surface area contributed by atoms with Crippen LogP contribution in [0, 0.1) is 5.21 Å². The van der Waals surface area contributed by atoms with Crippen molar-refractivity contribution in [2.24, 2.45) is 0 Å². The fourth-order valence-corrected chi connectivity index (χ4v) is 2.74. The van der Waals surface area contributed by atoms with Crippen molar-refractivity contribution in [3.05, 3.63) is 58.1 Å². The molecule has 0 saturated carbocycles. The van der Waals surface area contributed by atoms with Crippen molar-refractivity contribution >= 4 is 21.8 Å². The van der Waals surface area contributed by atoms with Crippen LogP contribution in [0.2, 0.25) is 0 Å². The largest absolute Gasteiger partial charge is 0.619 e. The highest BCUT2D eigenvalue weighted by molar-refractivity contribution is 9.10. The summed E-state index contributed by atoms with van der Waals surface area (Å²) < 4.78 is 7.24. The van der Waals surface area contributed by atoms with Crippen LogP contribution in [0.25, 0.3) is 0 Å². The number of ether oxygens (including phenoxy) is 1. The van der Waals surface area contributed by atoms with Gasteiger partial charge in [0.1, 0.15) is 11.7 Å². The van der Waals surface area contributed by atoms with Crippen molar-refractivity contribution < 1.29 is 14.3 Å². The summed E-state index contributed by atoms with van der Waals surface area (Å²) in [6.07, 6.45) is 4.93. The van der Waals surface area contributed by atoms with Gasteiger partial charge in [0.2, 0.25) is 5.88 Å². The van der Waals surface area contributed by atoms with Crippen LogP contribution in [0.5, 0.6) is 5.88 Å². The summed E-state index contributed by atoms with van der Waals surface area (Å²) in [7, 11) is 0. The third-order valence-corrected chi connectivity index (χ3v) is 4.06. The maximum Gasteiger partial charge on any atom is 0.260 e. The summed E-state index contributed by atoms with van der Waals surface area (Å²) in [5.41, 5.74) is 0.386. The second-order valence-corrected chi connectivity index (χ2v) is 5.88. The number of amides is 1. The van der Waals surface area contributed by atoms with Crippen molar-refractivity contribution in [3.8, 4) is 5.88 Å². The van der Waals surface area contributed by atoms with Crippen molar-refractivity contribution in [1.82, 2.24) is 9.88 Å². The van der Waals surface area contributed by atoms with Gasteiger partial charge in [0.05, 0.1) is 11.0 Å². The van der Waals surface area contributed by atoms with Crippen LogP contribution in [0.3, 0.4) is 0 Å². The van der Waals surface area contributed by atoms with Gasteiger partial charge in [-0.3, -0.25) is 4.79 Å². The molecule has 1 saturated heterocycles. The summed E-state index contributed by atoms with van der Waals surface area (Å²) in [5.74, 6) is 0.371. The minimum absolute atomic E-state index is 0.0989. The second-order valence-electron chi connectivity index (χ2n) is 5.02. The predicted molar refractivity (Wildman–Crippen MR) is 82.3 cm³/mol. The summed E-state index contributed by atoms with van der Waals surface area (Å²) in [6, 6.07) is 6.88. The van der Waals surface area contributed by atoms with Gasteiger partial charge in [-0.2, -0.15) is 4.73 Å². The number of rotatable bonds is 3. The molecule has 0 spiro atoms. The molecule has 7 heteroatoms. The zero-order valence-corrected chi connectivity index (χ0v) is 13.3. The zero-order chi connectivity index (χ0) is 15.5. The Hall–Kier alpha value is -2.15. The SMILES string of the molecule is O=C(c1ccc[n+]([O-])c1)N1CCC(Oc2ncccc2Br)C1. The number of hydrogen-bond donors (Lipinski definition) is 0.